The van der Waals surface area contributed by atoms with E-state index in [0.29, 0.717) is 23.1 Å². The highest BCUT2D eigenvalue weighted by Gasteiger charge is 2.08. The molecule has 146 valence electrons. The molecule has 0 saturated heterocycles. The predicted molar refractivity (Wildman–Crippen MR) is 112 cm³/mol. The van der Waals surface area contributed by atoms with E-state index < -0.39 is 0 Å². The molecule has 4 rings (SSSR count). The summed E-state index contributed by atoms with van der Waals surface area (Å²) in [5.41, 5.74) is 2.60. The molecule has 1 aromatic carbocycles. The van der Waals surface area contributed by atoms with Gasteiger partial charge in [0.1, 0.15) is 24.2 Å². The molecule has 0 radical (unpaired) electrons. The lowest BCUT2D eigenvalue weighted by atomic mass is 10.3. The van der Waals surface area contributed by atoms with E-state index in [-0.39, 0.29) is 6.03 Å². The fourth-order valence-electron chi connectivity index (χ4n) is 2.60. The second kappa shape index (κ2) is 8.11. The summed E-state index contributed by atoms with van der Waals surface area (Å²) in [6.07, 6.45) is 3.17. The van der Waals surface area contributed by atoms with Crippen LogP contribution in [0.2, 0.25) is 0 Å². The quantitative estimate of drug-likeness (QED) is 0.498. The van der Waals surface area contributed by atoms with E-state index in [2.05, 4.69) is 25.6 Å². The molecule has 8 nitrogen and oxygen atoms in total. The van der Waals surface area contributed by atoms with Crippen molar-refractivity contribution in [3.05, 3.63) is 71.9 Å². The number of urea groups is 1. The van der Waals surface area contributed by atoms with Crippen LogP contribution in [0.1, 0.15) is 11.4 Å². The fourth-order valence-corrected chi connectivity index (χ4v) is 3.21. The molecule has 9 heteroatoms. The van der Waals surface area contributed by atoms with E-state index in [9.17, 15) is 4.79 Å². The van der Waals surface area contributed by atoms with Gasteiger partial charge >= 0.3 is 6.03 Å². The van der Waals surface area contributed by atoms with Crippen molar-refractivity contribution in [2.75, 3.05) is 10.6 Å². The van der Waals surface area contributed by atoms with Crippen molar-refractivity contribution >= 4 is 28.1 Å². The van der Waals surface area contributed by atoms with Gasteiger partial charge in [-0.3, -0.25) is 9.88 Å². The molecule has 0 aliphatic heterocycles. The first-order chi connectivity index (χ1) is 14.1. The van der Waals surface area contributed by atoms with Crippen LogP contribution in [0.4, 0.5) is 15.5 Å². The van der Waals surface area contributed by atoms with Crippen LogP contribution in [-0.4, -0.2) is 25.6 Å². The third kappa shape index (κ3) is 4.41. The number of thiophene rings is 1. The SMILES string of the molecule is Cc1ncn(-c2cc(Oc3ccc(NC(=O)Nc4cccs4)cc3)ncn2)c1C. The van der Waals surface area contributed by atoms with Crippen molar-refractivity contribution in [2.24, 2.45) is 0 Å². The van der Waals surface area contributed by atoms with Gasteiger partial charge < -0.3 is 10.1 Å². The van der Waals surface area contributed by atoms with Gasteiger partial charge in [-0.25, -0.2) is 19.7 Å². The van der Waals surface area contributed by atoms with Gasteiger partial charge in [0.25, 0.3) is 0 Å². The monoisotopic (exact) mass is 406 g/mol. The Labute approximate surface area is 171 Å². The lowest BCUT2D eigenvalue weighted by Gasteiger charge is -2.09. The molecule has 0 aliphatic rings. The van der Waals surface area contributed by atoms with Gasteiger partial charge in [-0.05, 0) is 55.6 Å². The highest BCUT2D eigenvalue weighted by atomic mass is 32.1. The number of nitrogens with zero attached hydrogens (tertiary/aromatic N) is 4. The Morgan fingerprint density at radius 2 is 1.90 bits per heavy atom. The van der Waals surface area contributed by atoms with Crippen LogP contribution in [-0.2, 0) is 0 Å². The van der Waals surface area contributed by atoms with Crippen LogP contribution in [0, 0.1) is 13.8 Å². The zero-order valence-electron chi connectivity index (χ0n) is 15.8. The van der Waals surface area contributed by atoms with E-state index in [1.807, 2.05) is 35.9 Å². The van der Waals surface area contributed by atoms with Crippen LogP contribution in [0.25, 0.3) is 5.82 Å². The maximum atomic E-state index is 12.0. The summed E-state index contributed by atoms with van der Waals surface area (Å²) >= 11 is 1.46. The molecule has 3 heterocycles. The largest absolute Gasteiger partial charge is 0.439 e. The third-order valence-corrected chi connectivity index (χ3v) is 5.00. The number of benzene rings is 1. The molecule has 0 spiro atoms. The number of amides is 2. The first-order valence-electron chi connectivity index (χ1n) is 8.81. The maximum absolute atomic E-state index is 12.0. The van der Waals surface area contributed by atoms with E-state index in [1.54, 1.807) is 36.7 Å². The van der Waals surface area contributed by atoms with Crippen LogP contribution >= 0.6 is 11.3 Å². The molecule has 2 N–H and O–H groups in total. The van der Waals surface area contributed by atoms with Crippen molar-refractivity contribution in [1.29, 1.82) is 0 Å². The van der Waals surface area contributed by atoms with Gasteiger partial charge in [0.15, 0.2) is 0 Å². The molecule has 3 aromatic heterocycles. The molecule has 0 bridgehead atoms. The minimum atomic E-state index is -0.299. The molecule has 29 heavy (non-hydrogen) atoms. The van der Waals surface area contributed by atoms with Crippen molar-refractivity contribution in [3.63, 3.8) is 0 Å². The van der Waals surface area contributed by atoms with Crippen molar-refractivity contribution in [2.45, 2.75) is 13.8 Å². The topological polar surface area (TPSA) is 94.0 Å². The summed E-state index contributed by atoms with van der Waals surface area (Å²) < 4.78 is 7.70. The molecule has 0 aliphatic carbocycles. The maximum Gasteiger partial charge on any atom is 0.324 e. The Balaban J connectivity index is 1.42. The number of anilines is 2. The van der Waals surface area contributed by atoms with Gasteiger partial charge in [0.2, 0.25) is 5.88 Å². The summed E-state index contributed by atoms with van der Waals surface area (Å²) in [4.78, 5) is 24.7. The van der Waals surface area contributed by atoms with Gasteiger partial charge in [0.05, 0.1) is 10.7 Å². The molecule has 2 amide bonds. The van der Waals surface area contributed by atoms with Crippen LogP contribution in [0.15, 0.2) is 60.5 Å². The van der Waals surface area contributed by atoms with Gasteiger partial charge in [0, 0.05) is 17.4 Å². The number of rotatable bonds is 5. The Kier molecular flexibility index (Phi) is 5.21. The smallest absolute Gasteiger partial charge is 0.324 e. The number of hydrogen-bond donors (Lipinski definition) is 2. The predicted octanol–water partition coefficient (Wildman–Crippen LogP) is 4.78. The summed E-state index contributed by atoms with van der Waals surface area (Å²) in [6, 6.07) is 12.2. The zero-order chi connectivity index (χ0) is 20.2. The standard InChI is InChI=1S/C20H18N6O2S/c1-13-14(2)26(12-23-13)17-10-18(22-11-21-17)28-16-7-5-15(6-8-16)24-20(27)25-19-4-3-9-29-19/h3-12H,1-2H3,(H2,24,25,27). The van der Waals surface area contributed by atoms with E-state index in [4.69, 9.17) is 4.74 Å². The minimum absolute atomic E-state index is 0.299. The molecule has 4 aromatic rings. The van der Waals surface area contributed by atoms with Crippen LogP contribution in [0.3, 0.4) is 0 Å². The molecule has 0 unspecified atom stereocenters. The summed E-state index contributed by atoms with van der Waals surface area (Å²) in [5, 5.41) is 8.22. The summed E-state index contributed by atoms with van der Waals surface area (Å²) in [6.45, 7) is 3.92. The molecule has 0 saturated carbocycles. The molecule has 0 fully saturated rings. The second-order valence-electron chi connectivity index (χ2n) is 6.18. The second-order valence-corrected chi connectivity index (χ2v) is 7.13. The Morgan fingerprint density at radius 1 is 1.07 bits per heavy atom. The number of imidazole rings is 1. The van der Waals surface area contributed by atoms with Gasteiger partial charge in [-0.2, -0.15) is 0 Å². The minimum Gasteiger partial charge on any atom is -0.439 e. The van der Waals surface area contributed by atoms with Crippen molar-refractivity contribution < 1.29 is 9.53 Å². The summed E-state index contributed by atoms with van der Waals surface area (Å²) in [7, 11) is 0. The number of aromatic nitrogens is 4. The fraction of sp³-hybridized carbons (Fsp3) is 0.100. The number of carbonyl (C=O) groups is 1. The van der Waals surface area contributed by atoms with E-state index in [1.165, 1.54) is 17.7 Å². The first-order valence-corrected chi connectivity index (χ1v) is 9.69. The highest BCUT2D eigenvalue weighted by Crippen LogP contribution is 2.23. The number of hydrogen-bond acceptors (Lipinski definition) is 6. The first kappa shape index (κ1) is 18.6. The number of carbonyl (C=O) groups excluding carboxylic acids is 1. The molecular formula is C20H18N6O2S. The Hall–Kier alpha value is -3.72. The Morgan fingerprint density at radius 3 is 2.59 bits per heavy atom. The zero-order valence-corrected chi connectivity index (χ0v) is 16.6. The lowest BCUT2D eigenvalue weighted by molar-refractivity contribution is 0.262. The average Bonchev–Trinajstić information content (AvgIpc) is 3.34. The normalized spacial score (nSPS) is 10.6. The van der Waals surface area contributed by atoms with Gasteiger partial charge in [-0.15, -0.1) is 11.3 Å². The lowest BCUT2D eigenvalue weighted by Crippen LogP contribution is -2.18. The van der Waals surface area contributed by atoms with Crippen LogP contribution in [0.5, 0.6) is 11.6 Å². The number of nitrogens with one attached hydrogen (secondary N) is 2. The molecule has 0 atom stereocenters. The Bertz CT molecular complexity index is 1120. The third-order valence-electron chi connectivity index (χ3n) is 4.22. The van der Waals surface area contributed by atoms with Crippen molar-refractivity contribution in [1.82, 2.24) is 19.5 Å². The van der Waals surface area contributed by atoms with Gasteiger partial charge in [-0.1, -0.05) is 0 Å². The number of ether oxygens (including phenoxy) is 1. The van der Waals surface area contributed by atoms with Crippen LogP contribution < -0.4 is 15.4 Å². The van der Waals surface area contributed by atoms with E-state index in [0.717, 1.165) is 16.4 Å². The number of aryl methyl sites for hydroxylation is 1. The van der Waals surface area contributed by atoms with Crippen molar-refractivity contribution in [3.8, 4) is 17.4 Å². The average molecular weight is 406 g/mol. The highest BCUT2D eigenvalue weighted by molar-refractivity contribution is 7.14. The summed E-state index contributed by atoms with van der Waals surface area (Å²) in [5.74, 6) is 1.69. The molecular weight excluding hydrogens is 388 g/mol. The van der Waals surface area contributed by atoms with E-state index >= 15 is 0 Å².